The molecule has 0 spiro atoms. The first-order chi connectivity index (χ1) is 9.67. The topological polar surface area (TPSA) is 63.6 Å². The van der Waals surface area contributed by atoms with Crippen LogP contribution in [-0.2, 0) is 6.54 Å². The Labute approximate surface area is 122 Å². The normalized spacial score (nSPS) is 17.9. The van der Waals surface area contributed by atoms with Gasteiger partial charge in [-0.1, -0.05) is 0 Å². The highest BCUT2D eigenvalue weighted by Crippen LogP contribution is 2.18. The van der Waals surface area contributed by atoms with Crippen molar-refractivity contribution < 1.29 is 0 Å². The van der Waals surface area contributed by atoms with Crippen LogP contribution in [0.4, 0.5) is 0 Å². The molecule has 0 radical (unpaired) electrons. The minimum atomic E-state index is 0.0283. The Bertz CT molecular complexity index is 655. The van der Waals surface area contributed by atoms with Gasteiger partial charge in [-0.15, -0.1) is 11.3 Å². The van der Waals surface area contributed by atoms with E-state index in [1.807, 2.05) is 12.3 Å². The molecule has 0 saturated carbocycles. The zero-order chi connectivity index (χ0) is 14.1. The lowest BCUT2D eigenvalue weighted by Crippen LogP contribution is -2.36. The van der Waals surface area contributed by atoms with Crippen molar-refractivity contribution in [3.8, 4) is 0 Å². The largest absolute Gasteiger partial charge is 0.330 e. The highest BCUT2D eigenvalue weighted by Gasteiger charge is 2.18. The molecule has 1 aliphatic rings. The van der Waals surface area contributed by atoms with Gasteiger partial charge in [-0.25, -0.2) is 4.98 Å². The molecule has 2 aromatic heterocycles. The van der Waals surface area contributed by atoms with Crippen LogP contribution < -0.4 is 11.3 Å². The van der Waals surface area contributed by atoms with Crippen molar-refractivity contribution in [3.05, 3.63) is 33.2 Å². The van der Waals surface area contributed by atoms with Crippen molar-refractivity contribution >= 4 is 16.3 Å². The molecule has 0 bridgehead atoms. The van der Waals surface area contributed by atoms with Crippen LogP contribution in [0.3, 0.4) is 0 Å². The summed E-state index contributed by atoms with van der Waals surface area (Å²) < 4.78 is 1.68. The SMILES string of the molecule is Cc1csc2nc(CN3CCC(CN)CC3)cc(=O)n12. The Hall–Kier alpha value is -1.24. The molecule has 0 unspecified atom stereocenters. The number of hydrogen-bond acceptors (Lipinski definition) is 5. The van der Waals surface area contributed by atoms with Gasteiger partial charge in [0, 0.05) is 23.7 Å². The molecule has 2 N–H and O–H groups in total. The molecule has 6 heteroatoms. The van der Waals surface area contributed by atoms with Crippen molar-refractivity contribution in [2.75, 3.05) is 19.6 Å². The molecule has 3 rings (SSSR count). The van der Waals surface area contributed by atoms with Crippen LogP contribution >= 0.6 is 11.3 Å². The second-order valence-electron chi connectivity index (χ2n) is 5.54. The number of nitrogens with zero attached hydrogens (tertiary/aromatic N) is 3. The number of likely N-dealkylation sites (tertiary alicyclic amines) is 1. The van der Waals surface area contributed by atoms with Crippen molar-refractivity contribution in [3.63, 3.8) is 0 Å². The third kappa shape index (κ3) is 2.63. The van der Waals surface area contributed by atoms with E-state index in [9.17, 15) is 4.79 Å². The Kier molecular flexibility index (Phi) is 3.87. The number of aryl methyl sites for hydroxylation is 1. The zero-order valence-electron chi connectivity index (χ0n) is 11.7. The van der Waals surface area contributed by atoms with E-state index in [2.05, 4.69) is 9.88 Å². The van der Waals surface area contributed by atoms with Crippen LogP contribution in [0, 0.1) is 12.8 Å². The van der Waals surface area contributed by atoms with Gasteiger partial charge in [0.05, 0.1) is 5.69 Å². The number of hydrogen-bond donors (Lipinski definition) is 1. The first-order valence-corrected chi connectivity index (χ1v) is 7.94. The van der Waals surface area contributed by atoms with Gasteiger partial charge >= 0.3 is 0 Å². The van der Waals surface area contributed by atoms with E-state index in [1.54, 1.807) is 10.5 Å². The van der Waals surface area contributed by atoms with Crippen LogP contribution in [0.5, 0.6) is 0 Å². The summed E-state index contributed by atoms with van der Waals surface area (Å²) >= 11 is 1.53. The van der Waals surface area contributed by atoms with E-state index >= 15 is 0 Å². The fourth-order valence-corrected chi connectivity index (χ4v) is 3.68. The van der Waals surface area contributed by atoms with Gasteiger partial charge in [0.25, 0.3) is 5.56 Å². The standard InChI is InChI=1S/C14H20N4OS/c1-10-9-20-14-16-12(6-13(19)18(10)14)8-17-4-2-11(7-15)3-5-17/h6,9,11H,2-5,7-8,15H2,1H3. The second-order valence-corrected chi connectivity index (χ2v) is 6.37. The molecule has 1 fully saturated rings. The van der Waals surface area contributed by atoms with E-state index in [0.29, 0.717) is 5.92 Å². The second kappa shape index (κ2) is 5.63. The summed E-state index contributed by atoms with van der Waals surface area (Å²) in [5.74, 6) is 0.659. The van der Waals surface area contributed by atoms with E-state index in [-0.39, 0.29) is 5.56 Å². The highest BCUT2D eigenvalue weighted by molar-refractivity contribution is 7.15. The molecule has 2 aromatic rings. The lowest BCUT2D eigenvalue weighted by Gasteiger charge is -2.30. The van der Waals surface area contributed by atoms with Crippen molar-refractivity contribution in [1.29, 1.82) is 0 Å². The predicted octanol–water partition coefficient (Wildman–Crippen LogP) is 1.24. The maximum atomic E-state index is 12.1. The van der Waals surface area contributed by atoms with Gasteiger partial charge in [-0.05, 0) is 45.3 Å². The van der Waals surface area contributed by atoms with E-state index in [1.165, 1.54) is 11.3 Å². The number of piperidine rings is 1. The van der Waals surface area contributed by atoms with Crippen LogP contribution in [0.1, 0.15) is 24.2 Å². The highest BCUT2D eigenvalue weighted by atomic mass is 32.1. The number of thiazole rings is 1. The number of fused-ring (bicyclic) bond motifs is 1. The maximum Gasteiger partial charge on any atom is 0.259 e. The summed E-state index contributed by atoms with van der Waals surface area (Å²) in [7, 11) is 0. The Morgan fingerprint density at radius 3 is 2.90 bits per heavy atom. The Balaban J connectivity index is 1.77. The smallest absolute Gasteiger partial charge is 0.259 e. The molecule has 108 valence electrons. The number of aromatic nitrogens is 2. The van der Waals surface area contributed by atoms with E-state index in [0.717, 1.165) is 55.4 Å². The third-order valence-corrected chi connectivity index (χ3v) is 5.00. The van der Waals surface area contributed by atoms with E-state index in [4.69, 9.17) is 5.73 Å². The zero-order valence-corrected chi connectivity index (χ0v) is 12.5. The van der Waals surface area contributed by atoms with Crippen molar-refractivity contribution in [1.82, 2.24) is 14.3 Å². The van der Waals surface area contributed by atoms with Gasteiger partial charge in [0.15, 0.2) is 4.96 Å². The van der Waals surface area contributed by atoms with Crippen molar-refractivity contribution in [2.45, 2.75) is 26.3 Å². The van der Waals surface area contributed by atoms with Crippen molar-refractivity contribution in [2.24, 2.45) is 11.7 Å². The van der Waals surface area contributed by atoms with Gasteiger partial charge in [0.2, 0.25) is 0 Å². The van der Waals surface area contributed by atoms with Crippen LogP contribution in [0.25, 0.3) is 4.96 Å². The average molecular weight is 292 g/mol. The van der Waals surface area contributed by atoms with Gasteiger partial charge in [0.1, 0.15) is 0 Å². The van der Waals surface area contributed by atoms with Gasteiger partial charge in [-0.2, -0.15) is 0 Å². The summed E-state index contributed by atoms with van der Waals surface area (Å²) in [5.41, 5.74) is 7.57. The molecule has 3 heterocycles. The molecule has 1 aliphatic heterocycles. The molecule has 20 heavy (non-hydrogen) atoms. The molecular formula is C14H20N4OS. The lowest BCUT2D eigenvalue weighted by atomic mass is 9.97. The van der Waals surface area contributed by atoms with Crippen LogP contribution in [-0.4, -0.2) is 33.9 Å². The molecule has 0 aromatic carbocycles. The Morgan fingerprint density at radius 1 is 1.45 bits per heavy atom. The number of nitrogens with two attached hydrogens (primary N) is 1. The summed E-state index contributed by atoms with van der Waals surface area (Å²) in [5, 5.41) is 1.97. The number of rotatable bonds is 3. The summed E-state index contributed by atoms with van der Waals surface area (Å²) in [4.78, 5) is 19.9. The Morgan fingerprint density at radius 2 is 2.20 bits per heavy atom. The average Bonchev–Trinajstić information content (AvgIpc) is 2.81. The molecular weight excluding hydrogens is 272 g/mol. The summed E-state index contributed by atoms with van der Waals surface area (Å²) in [6.07, 6.45) is 2.30. The quantitative estimate of drug-likeness (QED) is 0.924. The maximum absolute atomic E-state index is 12.1. The molecule has 0 amide bonds. The first-order valence-electron chi connectivity index (χ1n) is 7.06. The summed E-state index contributed by atoms with van der Waals surface area (Å²) in [6, 6.07) is 1.67. The summed E-state index contributed by atoms with van der Waals surface area (Å²) in [6.45, 7) is 5.58. The first kappa shape index (κ1) is 13.7. The predicted molar refractivity (Wildman–Crippen MR) is 81.1 cm³/mol. The fraction of sp³-hybridized carbons (Fsp3) is 0.571. The minimum absolute atomic E-state index is 0.0283. The van der Waals surface area contributed by atoms with E-state index < -0.39 is 0 Å². The third-order valence-electron chi connectivity index (χ3n) is 4.05. The molecule has 5 nitrogen and oxygen atoms in total. The van der Waals surface area contributed by atoms with Crippen LogP contribution in [0.2, 0.25) is 0 Å². The van der Waals surface area contributed by atoms with Crippen LogP contribution in [0.15, 0.2) is 16.2 Å². The van der Waals surface area contributed by atoms with Gasteiger partial charge in [-0.3, -0.25) is 14.1 Å². The molecule has 0 atom stereocenters. The van der Waals surface area contributed by atoms with Gasteiger partial charge < -0.3 is 5.73 Å². The minimum Gasteiger partial charge on any atom is -0.330 e. The lowest BCUT2D eigenvalue weighted by molar-refractivity contribution is 0.179. The molecule has 0 aliphatic carbocycles. The monoisotopic (exact) mass is 292 g/mol. The fourth-order valence-electron chi connectivity index (χ4n) is 2.79. The molecule has 1 saturated heterocycles.